The van der Waals surface area contributed by atoms with Gasteiger partial charge < -0.3 is 10.5 Å². The van der Waals surface area contributed by atoms with Gasteiger partial charge in [0, 0.05) is 6.61 Å². The normalized spacial score (nSPS) is 31.2. The van der Waals surface area contributed by atoms with Crippen LogP contribution in [0.5, 0.6) is 0 Å². The van der Waals surface area contributed by atoms with E-state index in [1.165, 1.54) is 0 Å². The highest BCUT2D eigenvalue weighted by Gasteiger charge is 2.38. The third-order valence-electron chi connectivity index (χ3n) is 1.75. The number of amides is 1. The average molecular weight is 165 g/mol. The van der Waals surface area contributed by atoms with E-state index in [-0.39, 0.29) is 6.61 Å². The summed E-state index contributed by atoms with van der Waals surface area (Å²) in [7, 11) is 0. The number of alkyl halides is 2. The lowest BCUT2D eigenvalue weighted by Crippen LogP contribution is -2.34. The molecular formula is C6H9F2NO2. The largest absolute Gasteiger partial charge is 0.371 e. The van der Waals surface area contributed by atoms with Gasteiger partial charge in [-0.1, -0.05) is 0 Å². The number of hydrogen-bond acceptors (Lipinski definition) is 2. The third kappa shape index (κ3) is 1.65. The molecule has 0 radical (unpaired) electrons. The number of carbonyl (C=O) groups is 1. The summed E-state index contributed by atoms with van der Waals surface area (Å²) < 4.78 is 28.7. The molecule has 1 amide bonds. The number of carbonyl (C=O) groups excluding carboxylic acids is 1. The Morgan fingerprint density at radius 1 is 1.64 bits per heavy atom. The SMILES string of the molecule is NC(=O)[C@H]1CCO[C@H]1C(F)F. The maximum Gasteiger partial charge on any atom is 0.265 e. The third-order valence-corrected chi connectivity index (χ3v) is 1.75. The zero-order valence-electron chi connectivity index (χ0n) is 5.80. The molecule has 0 aromatic rings. The molecule has 64 valence electrons. The molecule has 1 saturated heterocycles. The van der Waals surface area contributed by atoms with Crippen molar-refractivity contribution in [2.45, 2.75) is 19.0 Å². The van der Waals surface area contributed by atoms with Gasteiger partial charge in [-0.05, 0) is 6.42 Å². The molecule has 0 bridgehead atoms. The van der Waals surface area contributed by atoms with Crippen molar-refractivity contribution in [2.75, 3.05) is 6.61 Å². The van der Waals surface area contributed by atoms with Crippen LogP contribution in [0.1, 0.15) is 6.42 Å². The van der Waals surface area contributed by atoms with Crippen molar-refractivity contribution < 1.29 is 18.3 Å². The van der Waals surface area contributed by atoms with Crippen LogP contribution in [-0.2, 0) is 9.53 Å². The topological polar surface area (TPSA) is 52.3 Å². The average Bonchev–Trinajstić information content (AvgIpc) is 2.32. The van der Waals surface area contributed by atoms with E-state index >= 15 is 0 Å². The van der Waals surface area contributed by atoms with Gasteiger partial charge in [0.15, 0.2) is 0 Å². The minimum Gasteiger partial charge on any atom is -0.371 e. The molecule has 0 unspecified atom stereocenters. The Morgan fingerprint density at radius 2 is 2.27 bits per heavy atom. The quantitative estimate of drug-likeness (QED) is 0.632. The van der Waals surface area contributed by atoms with Gasteiger partial charge in [-0.3, -0.25) is 4.79 Å². The number of ether oxygens (including phenoxy) is 1. The Bertz CT molecular complexity index is 163. The summed E-state index contributed by atoms with van der Waals surface area (Å²) in [4.78, 5) is 10.5. The minimum atomic E-state index is -2.62. The van der Waals surface area contributed by atoms with E-state index in [0.29, 0.717) is 6.42 Å². The zero-order chi connectivity index (χ0) is 8.43. The Kier molecular flexibility index (Phi) is 2.38. The van der Waals surface area contributed by atoms with Crippen molar-refractivity contribution in [3.63, 3.8) is 0 Å². The predicted molar refractivity (Wildman–Crippen MR) is 33.0 cm³/mol. The van der Waals surface area contributed by atoms with Gasteiger partial charge in [0.25, 0.3) is 6.43 Å². The molecule has 1 aliphatic rings. The summed E-state index contributed by atoms with van der Waals surface area (Å²) in [5.74, 6) is -1.51. The monoisotopic (exact) mass is 165 g/mol. The molecule has 0 spiro atoms. The van der Waals surface area contributed by atoms with E-state index < -0.39 is 24.4 Å². The van der Waals surface area contributed by atoms with Crippen molar-refractivity contribution >= 4 is 5.91 Å². The van der Waals surface area contributed by atoms with Crippen molar-refractivity contribution in [1.29, 1.82) is 0 Å². The van der Waals surface area contributed by atoms with Gasteiger partial charge in [0.1, 0.15) is 6.10 Å². The van der Waals surface area contributed by atoms with Gasteiger partial charge in [0.2, 0.25) is 5.91 Å². The number of nitrogens with two attached hydrogens (primary N) is 1. The Balaban J connectivity index is 2.58. The van der Waals surface area contributed by atoms with Crippen molar-refractivity contribution in [2.24, 2.45) is 11.7 Å². The molecule has 1 heterocycles. The van der Waals surface area contributed by atoms with Gasteiger partial charge in [-0.2, -0.15) is 0 Å². The lowest BCUT2D eigenvalue weighted by atomic mass is 10.0. The molecule has 0 saturated carbocycles. The van der Waals surface area contributed by atoms with E-state index in [4.69, 9.17) is 5.73 Å². The molecule has 2 N–H and O–H groups in total. The van der Waals surface area contributed by atoms with Gasteiger partial charge in [-0.15, -0.1) is 0 Å². The lowest BCUT2D eigenvalue weighted by molar-refractivity contribution is -0.127. The molecule has 0 aromatic carbocycles. The Hall–Kier alpha value is -0.710. The standard InChI is InChI=1S/C6H9F2NO2/c7-5(8)4-3(6(9)10)1-2-11-4/h3-5H,1-2H2,(H2,9,10)/t3-,4+/m0/s1. The smallest absolute Gasteiger partial charge is 0.265 e. The van der Waals surface area contributed by atoms with Crippen molar-refractivity contribution in [3.05, 3.63) is 0 Å². The summed E-state index contributed by atoms with van der Waals surface area (Å²) in [6.45, 7) is 0.197. The van der Waals surface area contributed by atoms with Crippen LogP contribution >= 0.6 is 0 Å². The fourth-order valence-corrected chi connectivity index (χ4v) is 1.16. The first kappa shape index (κ1) is 8.39. The van der Waals surface area contributed by atoms with Crippen LogP contribution in [0.15, 0.2) is 0 Å². The lowest BCUT2D eigenvalue weighted by Gasteiger charge is -2.13. The number of hydrogen-bond donors (Lipinski definition) is 1. The molecule has 11 heavy (non-hydrogen) atoms. The number of halogens is 2. The van der Waals surface area contributed by atoms with E-state index in [2.05, 4.69) is 4.74 Å². The first-order chi connectivity index (χ1) is 5.13. The highest BCUT2D eigenvalue weighted by Crippen LogP contribution is 2.25. The Morgan fingerprint density at radius 3 is 2.64 bits per heavy atom. The molecule has 0 aliphatic carbocycles. The zero-order valence-corrected chi connectivity index (χ0v) is 5.80. The fraction of sp³-hybridized carbons (Fsp3) is 0.833. The molecular weight excluding hydrogens is 156 g/mol. The first-order valence-corrected chi connectivity index (χ1v) is 3.32. The van der Waals surface area contributed by atoms with Gasteiger partial charge >= 0.3 is 0 Å². The second-order valence-corrected chi connectivity index (χ2v) is 2.47. The van der Waals surface area contributed by atoms with Crippen LogP contribution < -0.4 is 5.73 Å². The second-order valence-electron chi connectivity index (χ2n) is 2.47. The van der Waals surface area contributed by atoms with Gasteiger partial charge in [-0.25, -0.2) is 8.78 Å². The maximum atomic E-state index is 12.0. The number of rotatable bonds is 2. The highest BCUT2D eigenvalue weighted by molar-refractivity contribution is 5.77. The van der Waals surface area contributed by atoms with Crippen molar-refractivity contribution in [3.8, 4) is 0 Å². The summed E-state index contributed by atoms with van der Waals surface area (Å²) in [6.07, 6.45) is -3.59. The Labute approximate surface area is 62.5 Å². The van der Waals surface area contributed by atoms with E-state index in [1.54, 1.807) is 0 Å². The van der Waals surface area contributed by atoms with Crippen LogP contribution in [0.3, 0.4) is 0 Å². The fourth-order valence-electron chi connectivity index (χ4n) is 1.16. The molecule has 2 atom stereocenters. The highest BCUT2D eigenvalue weighted by atomic mass is 19.3. The summed E-state index contributed by atoms with van der Waals surface area (Å²) in [5, 5.41) is 0. The second kappa shape index (κ2) is 3.13. The molecule has 5 heteroatoms. The van der Waals surface area contributed by atoms with E-state index in [0.717, 1.165) is 0 Å². The van der Waals surface area contributed by atoms with Crippen LogP contribution in [0.25, 0.3) is 0 Å². The minimum absolute atomic E-state index is 0.197. The first-order valence-electron chi connectivity index (χ1n) is 3.32. The van der Waals surface area contributed by atoms with Crippen LogP contribution in [-0.4, -0.2) is 25.0 Å². The molecule has 3 nitrogen and oxygen atoms in total. The van der Waals surface area contributed by atoms with Gasteiger partial charge in [0.05, 0.1) is 5.92 Å². The van der Waals surface area contributed by atoms with Crippen LogP contribution in [0.2, 0.25) is 0 Å². The van der Waals surface area contributed by atoms with E-state index in [9.17, 15) is 13.6 Å². The van der Waals surface area contributed by atoms with Crippen LogP contribution in [0, 0.1) is 5.92 Å². The summed E-state index contributed by atoms with van der Waals surface area (Å²) in [5.41, 5.74) is 4.87. The van der Waals surface area contributed by atoms with Crippen LogP contribution in [0.4, 0.5) is 8.78 Å². The molecule has 1 aliphatic heterocycles. The van der Waals surface area contributed by atoms with Crippen molar-refractivity contribution in [1.82, 2.24) is 0 Å². The maximum absolute atomic E-state index is 12.0. The molecule has 1 fully saturated rings. The predicted octanol–water partition coefficient (Wildman–Crippen LogP) is 0.142. The molecule has 1 rings (SSSR count). The number of primary amides is 1. The summed E-state index contributed by atoms with van der Waals surface area (Å²) in [6, 6.07) is 0. The summed E-state index contributed by atoms with van der Waals surface area (Å²) >= 11 is 0. The van der Waals surface area contributed by atoms with E-state index in [1.807, 2.05) is 0 Å². The molecule has 0 aromatic heterocycles.